The van der Waals surface area contributed by atoms with Crippen molar-refractivity contribution in [3.63, 3.8) is 0 Å². The molecule has 110 valence electrons. The van der Waals surface area contributed by atoms with Crippen molar-refractivity contribution in [1.82, 2.24) is 0 Å². The quantitative estimate of drug-likeness (QED) is 0.674. The zero-order valence-electron chi connectivity index (χ0n) is 11.7. The number of rotatable bonds is 5. The Kier molecular flexibility index (Phi) is 3.79. The van der Waals surface area contributed by atoms with Crippen LogP contribution < -0.4 is 10.1 Å². The predicted octanol–water partition coefficient (Wildman–Crippen LogP) is 3.77. The van der Waals surface area contributed by atoms with Crippen molar-refractivity contribution in [2.24, 2.45) is 0 Å². The summed E-state index contributed by atoms with van der Waals surface area (Å²) < 4.78 is 5.13. The molecule has 0 bridgehead atoms. The molecule has 2 aromatic rings. The molecule has 1 aliphatic carbocycles. The summed E-state index contributed by atoms with van der Waals surface area (Å²) in [5, 5.41) is 14.2. The molecule has 6 heteroatoms. The van der Waals surface area contributed by atoms with Gasteiger partial charge in [-0.3, -0.25) is 10.1 Å². The molecule has 1 N–H and O–H groups in total. The van der Waals surface area contributed by atoms with Crippen LogP contribution in [0.25, 0.3) is 0 Å². The maximum Gasteiger partial charge on any atom is 0.292 e. The van der Waals surface area contributed by atoms with E-state index in [2.05, 4.69) is 11.4 Å². The van der Waals surface area contributed by atoms with Gasteiger partial charge in [0.05, 0.1) is 12.0 Å². The number of hydrogen-bond donors (Lipinski definition) is 1. The van der Waals surface area contributed by atoms with Gasteiger partial charge in [0.25, 0.3) is 5.69 Å². The average molecular weight is 304 g/mol. The van der Waals surface area contributed by atoms with Crippen LogP contribution in [0.1, 0.15) is 21.7 Å². The van der Waals surface area contributed by atoms with Crippen LogP contribution in [0.3, 0.4) is 0 Å². The van der Waals surface area contributed by atoms with Gasteiger partial charge in [0.2, 0.25) is 0 Å². The van der Waals surface area contributed by atoms with Gasteiger partial charge in [-0.2, -0.15) is 0 Å². The molecule has 1 aromatic carbocycles. The lowest BCUT2D eigenvalue weighted by Gasteiger charge is -2.08. The summed E-state index contributed by atoms with van der Waals surface area (Å²) in [6.45, 7) is 0.603. The van der Waals surface area contributed by atoms with Crippen LogP contribution in [0.15, 0.2) is 24.3 Å². The molecule has 0 saturated carbocycles. The summed E-state index contributed by atoms with van der Waals surface area (Å²) in [6.07, 6.45) is 3.57. The van der Waals surface area contributed by atoms with Crippen molar-refractivity contribution in [2.45, 2.75) is 25.8 Å². The van der Waals surface area contributed by atoms with Crippen LogP contribution in [0, 0.1) is 10.1 Å². The molecule has 0 saturated heterocycles. The van der Waals surface area contributed by atoms with Gasteiger partial charge in [0, 0.05) is 28.4 Å². The smallest absolute Gasteiger partial charge is 0.292 e. The van der Waals surface area contributed by atoms with E-state index < -0.39 is 0 Å². The Morgan fingerprint density at radius 3 is 2.95 bits per heavy atom. The summed E-state index contributed by atoms with van der Waals surface area (Å²) in [7, 11) is 1.55. The van der Waals surface area contributed by atoms with E-state index in [0.717, 1.165) is 6.42 Å². The fourth-order valence-corrected chi connectivity index (χ4v) is 3.80. The summed E-state index contributed by atoms with van der Waals surface area (Å²) in [5.74, 6) is 0.608. The third-order valence-electron chi connectivity index (χ3n) is 3.65. The van der Waals surface area contributed by atoms with Gasteiger partial charge in [-0.15, -0.1) is 11.3 Å². The van der Waals surface area contributed by atoms with Gasteiger partial charge < -0.3 is 10.1 Å². The Labute approximate surface area is 126 Å². The number of anilines is 1. The first-order valence-corrected chi connectivity index (χ1v) is 7.66. The van der Waals surface area contributed by atoms with Crippen molar-refractivity contribution in [3.8, 4) is 5.75 Å². The van der Waals surface area contributed by atoms with Crippen LogP contribution in [0.2, 0.25) is 0 Å². The lowest BCUT2D eigenvalue weighted by atomic mass is 10.2. The molecule has 5 nitrogen and oxygen atoms in total. The molecule has 1 aromatic heterocycles. The Hall–Kier alpha value is -2.08. The van der Waals surface area contributed by atoms with E-state index in [9.17, 15) is 10.1 Å². The van der Waals surface area contributed by atoms with Crippen molar-refractivity contribution >= 4 is 22.7 Å². The highest BCUT2D eigenvalue weighted by molar-refractivity contribution is 7.12. The van der Waals surface area contributed by atoms with Crippen LogP contribution in [0.5, 0.6) is 5.75 Å². The van der Waals surface area contributed by atoms with E-state index in [-0.39, 0.29) is 10.6 Å². The van der Waals surface area contributed by atoms with E-state index in [1.807, 2.05) is 0 Å². The lowest BCUT2D eigenvalue weighted by molar-refractivity contribution is -0.384. The Bertz CT molecular complexity index is 660. The number of methoxy groups -OCH3 is 1. The molecule has 21 heavy (non-hydrogen) atoms. The number of fused-ring (bicyclic) bond motifs is 1. The number of nitrogens with one attached hydrogen (secondary N) is 1. The second kappa shape index (κ2) is 5.73. The van der Waals surface area contributed by atoms with E-state index >= 15 is 0 Å². The summed E-state index contributed by atoms with van der Waals surface area (Å²) >= 11 is 1.80. The predicted molar refractivity (Wildman–Crippen MR) is 83.3 cm³/mol. The van der Waals surface area contributed by atoms with E-state index in [1.165, 1.54) is 34.2 Å². The Morgan fingerprint density at radius 1 is 1.38 bits per heavy atom. The first-order chi connectivity index (χ1) is 10.2. The summed E-state index contributed by atoms with van der Waals surface area (Å²) in [6, 6.07) is 6.95. The average Bonchev–Trinajstić information content (AvgIpc) is 3.05. The highest BCUT2D eigenvalue weighted by Crippen LogP contribution is 2.33. The van der Waals surface area contributed by atoms with Crippen LogP contribution >= 0.6 is 11.3 Å². The molecular formula is C15H16N2O3S. The van der Waals surface area contributed by atoms with Gasteiger partial charge in [-0.1, -0.05) is 0 Å². The number of nitro benzene ring substituents is 1. The second-order valence-electron chi connectivity index (χ2n) is 5.01. The molecule has 1 heterocycles. The van der Waals surface area contributed by atoms with Crippen molar-refractivity contribution in [3.05, 3.63) is 49.7 Å². The Balaban J connectivity index is 1.78. The van der Waals surface area contributed by atoms with Crippen LogP contribution in [0.4, 0.5) is 11.4 Å². The molecule has 1 aliphatic rings. The van der Waals surface area contributed by atoms with Gasteiger partial charge >= 0.3 is 0 Å². The maximum atomic E-state index is 11.1. The molecule has 3 rings (SSSR count). The standard InChI is InChI=1S/C15H16N2O3S/c1-20-11-5-6-14(17(18)19)13(8-11)16-9-12-7-10-3-2-4-15(10)21-12/h5-8,16H,2-4,9H2,1H3. The van der Waals surface area contributed by atoms with Gasteiger partial charge in [-0.05, 0) is 37.0 Å². The van der Waals surface area contributed by atoms with Crippen LogP contribution in [-0.2, 0) is 19.4 Å². The minimum Gasteiger partial charge on any atom is -0.497 e. The molecule has 0 fully saturated rings. The van der Waals surface area contributed by atoms with Crippen LogP contribution in [-0.4, -0.2) is 12.0 Å². The first kappa shape index (κ1) is 13.9. The zero-order chi connectivity index (χ0) is 14.8. The van der Waals surface area contributed by atoms with Gasteiger partial charge in [0.1, 0.15) is 11.4 Å². The second-order valence-corrected chi connectivity index (χ2v) is 6.23. The highest BCUT2D eigenvalue weighted by Gasteiger charge is 2.17. The molecule has 0 radical (unpaired) electrons. The summed E-state index contributed by atoms with van der Waals surface area (Å²) in [5.41, 5.74) is 2.00. The number of benzene rings is 1. The van der Waals surface area contributed by atoms with Crippen molar-refractivity contribution < 1.29 is 9.66 Å². The largest absolute Gasteiger partial charge is 0.497 e. The highest BCUT2D eigenvalue weighted by atomic mass is 32.1. The minimum atomic E-state index is -0.379. The molecule has 0 atom stereocenters. The monoisotopic (exact) mass is 304 g/mol. The number of nitrogens with zero attached hydrogens (tertiary/aromatic N) is 1. The lowest BCUT2D eigenvalue weighted by Crippen LogP contribution is -2.02. The fraction of sp³-hybridized carbons (Fsp3) is 0.333. The topological polar surface area (TPSA) is 64.4 Å². The summed E-state index contributed by atoms with van der Waals surface area (Å²) in [4.78, 5) is 13.4. The number of hydrogen-bond acceptors (Lipinski definition) is 5. The van der Waals surface area contributed by atoms with Crippen molar-refractivity contribution in [1.29, 1.82) is 0 Å². The van der Waals surface area contributed by atoms with E-state index in [1.54, 1.807) is 30.6 Å². The molecule has 0 unspecified atom stereocenters. The first-order valence-electron chi connectivity index (χ1n) is 6.84. The van der Waals surface area contributed by atoms with E-state index in [4.69, 9.17) is 4.74 Å². The SMILES string of the molecule is COc1ccc([N+](=O)[O-])c(NCc2cc3c(s2)CCC3)c1. The molecular weight excluding hydrogens is 288 g/mol. The number of nitro groups is 1. The molecule has 0 aliphatic heterocycles. The minimum absolute atomic E-state index is 0.0693. The normalized spacial score (nSPS) is 13.0. The van der Waals surface area contributed by atoms with E-state index in [0.29, 0.717) is 18.0 Å². The fourth-order valence-electron chi connectivity index (χ4n) is 2.60. The van der Waals surface area contributed by atoms with Gasteiger partial charge in [-0.25, -0.2) is 0 Å². The number of aryl methyl sites for hydroxylation is 2. The van der Waals surface area contributed by atoms with Crippen molar-refractivity contribution in [2.75, 3.05) is 12.4 Å². The third-order valence-corrected chi connectivity index (χ3v) is 4.89. The maximum absolute atomic E-state index is 11.1. The third kappa shape index (κ3) is 2.85. The molecule has 0 spiro atoms. The number of thiophene rings is 1. The van der Waals surface area contributed by atoms with Gasteiger partial charge in [0.15, 0.2) is 0 Å². The zero-order valence-corrected chi connectivity index (χ0v) is 12.5. The molecule has 0 amide bonds. The number of ether oxygens (including phenoxy) is 1. The Morgan fingerprint density at radius 2 is 2.24 bits per heavy atom.